The first-order chi connectivity index (χ1) is 18.8. The van der Waals surface area contributed by atoms with Crippen molar-refractivity contribution in [2.45, 2.75) is 19.6 Å². The third-order valence-corrected chi connectivity index (χ3v) is 8.50. The Morgan fingerprint density at radius 1 is 0.289 bits per heavy atom. The minimum Gasteiger partial charge on any atom is -0.0901 e. The molecular formula is C36H26S2. The Morgan fingerprint density at radius 3 is 1.18 bits per heavy atom. The van der Waals surface area contributed by atoms with Crippen molar-refractivity contribution in [3.05, 3.63) is 158 Å². The zero-order valence-electron chi connectivity index (χ0n) is 20.8. The molecule has 0 unspecified atom stereocenters. The molecule has 6 aromatic rings. The predicted octanol–water partition coefficient (Wildman–Crippen LogP) is 11.0. The van der Waals surface area contributed by atoms with Gasteiger partial charge in [-0.05, 0) is 75.8 Å². The van der Waals surface area contributed by atoms with Gasteiger partial charge in [0.15, 0.2) is 0 Å². The first-order valence-corrected chi connectivity index (χ1v) is 14.3. The fraction of sp³-hybridized carbons (Fsp3) is 0. The van der Waals surface area contributed by atoms with E-state index in [1.807, 2.05) is 11.8 Å². The molecule has 0 aliphatic heterocycles. The largest absolute Gasteiger partial charge is 0.0901 e. The second kappa shape index (κ2) is 11.6. The van der Waals surface area contributed by atoms with Crippen LogP contribution in [0.1, 0.15) is 0 Å². The molecule has 2 heteroatoms. The van der Waals surface area contributed by atoms with Crippen molar-refractivity contribution in [1.82, 2.24) is 0 Å². The van der Waals surface area contributed by atoms with Gasteiger partial charge in [-0.15, -0.1) is 0 Å². The first-order valence-electron chi connectivity index (χ1n) is 12.7. The molecule has 0 atom stereocenters. The Balaban J connectivity index is 1.26. The molecule has 0 heterocycles. The van der Waals surface area contributed by atoms with E-state index in [1.165, 1.54) is 53.0 Å². The van der Waals surface area contributed by atoms with E-state index in [2.05, 4.69) is 158 Å². The summed E-state index contributed by atoms with van der Waals surface area (Å²) in [6.45, 7) is 0. The van der Waals surface area contributed by atoms with E-state index in [9.17, 15) is 0 Å². The maximum atomic E-state index is 2.33. The maximum Gasteiger partial charge on any atom is 0.0201 e. The van der Waals surface area contributed by atoms with Gasteiger partial charge >= 0.3 is 0 Å². The number of hydrogen-bond acceptors (Lipinski definition) is 2. The lowest BCUT2D eigenvalue weighted by molar-refractivity contribution is 1.33. The lowest BCUT2D eigenvalue weighted by Gasteiger charge is -2.13. The quantitative estimate of drug-likeness (QED) is 0.204. The molecule has 0 saturated carbocycles. The molecule has 0 fully saturated rings. The molecule has 182 valence electrons. The van der Waals surface area contributed by atoms with Crippen LogP contribution in [0.4, 0.5) is 0 Å². The third kappa shape index (κ3) is 5.78. The summed E-state index contributed by atoms with van der Waals surface area (Å²) < 4.78 is 0. The van der Waals surface area contributed by atoms with Crippen LogP contribution in [-0.2, 0) is 0 Å². The Labute approximate surface area is 233 Å². The molecule has 0 radical (unpaired) electrons. The molecule has 38 heavy (non-hydrogen) atoms. The Morgan fingerprint density at radius 2 is 0.684 bits per heavy atom. The van der Waals surface area contributed by atoms with Crippen LogP contribution in [0.5, 0.6) is 0 Å². The van der Waals surface area contributed by atoms with E-state index in [-0.39, 0.29) is 0 Å². The smallest absolute Gasteiger partial charge is 0.0201 e. The summed E-state index contributed by atoms with van der Waals surface area (Å²) in [5.74, 6) is 0. The second-order valence-electron chi connectivity index (χ2n) is 9.01. The highest BCUT2D eigenvalue weighted by Crippen LogP contribution is 2.40. The summed E-state index contributed by atoms with van der Waals surface area (Å²) in [7, 11) is 0. The minimum atomic E-state index is 1.23. The molecular weight excluding hydrogens is 497 g/mol. The van der Waals surface area contributed by atoms with Gasteiger partial charge in [0.2, 0.25) is 0 Å². The van der Waals surface area contributed by atoms with E-state index in [0.717, 1.165) is 0 Å². The summed E-state index contributed by atoms with van der Waals surface area (Å²) in [5.41, 5.74) is 7.46. The highest BCUT2D eigenvalue weighted by Gasteiger charge is 2.10. The zero-order chi connectivity index (χ0) is 25.6. The fourth-order valence-corrected chi connectivity index (χ4v) is 6.27. The lowest BCUT2D eigenvalue weighted by Crippen LogP contribution is -1.85. The minimum absolute atomic E-state index is 1.23. The van der Waals surface area contributed by atoms with Crippen molar-refractivity contribution >= 4 is 23.5 Å². The van der Waals surface area contributed by atoms with Gasteiger partial charge in [-0.25, -0.2) is 0 Å². The van der Waals surface area contributed by atoms with Gasteiger partial charge in [-0.3, -0.25) is 0 Å². The molecule has 6 rings (SSSR count). The van der Waals surface area contributed by atoms with Crippen LogP contribution in [-0.4, -0.2) is 0 Å². The monoisotopic (exact) mass is 522 g/mol. The van der Waals surface area contributed by atoms with Gasteiger partial charge in [0.25, 0.3) is 0 Å². The molecule has 0 bridgehead atoms. The van der Waals surface area contributed by atoms with Crippen molar-refractivity contribution < 1.29 is 0 Å². The topological polar surface area (TPSA) is 0 Å². The molecule has 0 aromatic heterocycles. The van der Waals surface area contributed by atoms with Crippen LogP contribution in [0.2, 0.25) is 0 Å². The van der Waals surface area contributed by atoms with E-state index in [0.29, 0.717) is 0 Å². The molecule has 0 saturated heterocycles. The molecule has 0 aliphatic carbocycles. The van der Waals surface area contributed by atoms with Crippen LogP contribution in [0.3, 0.4) is 0 Å². The summed E-state index contributed by atoms with van der Waals surface area (Å²) >= 11 is 3.62. The van der Waals surface area contributed by atoms with E-state index < -0.39 is 0 Å². The highest BCUT2D eigenvalue weighted by atomic mass is 32.2. The molecule has 6 aromatic carbocycles. The van der Waals surface area contributed by atoms with Crippen LogP contribution < -0.4 is 0 Å². The summed E-state index contributed by atoms with van der Waals surface area (Å²) in [6, 6.07) is 56.3. The van der Waals surface area contributed by atoms with Gasteiger partial charge < -0.3 is 0 Å². The van der Waals surface area contributed by atoms with Gasteiger partial charge in [-0.1, -0.05) is 139 Å². The van der Waals surface area contributed by atoms with E-state index in [4.69, 9.17) is 0 Å². The maximum absolute atomic E-state index is 2.33. The molecule has 0 nitrogen and oxygen atoms in total. The highest BCUT2D eigenvalue weighted by molar-refractivity contribution is 8.00. The van der Waals surface area contributed by atoms with Gasteiger partial charge in [0.1, 0.15) is 0 Å². The second-order valence-corrected chi connectivity index (χ2v) is 11.3. The first kappa shape index (κ1) is 24.4. The predicted molar refractivity (Wildman–Crippen MR) is 164 cm³/mol. The summed E-state index contributed by atoms with van der Waals surface area (Å²) in [5, 5.41) is 0. The molecule has 0 amide bonds. The third-order valence-electron chi connectivity index (χ3n) is 6.42. The molecule has 0 aliphatic rings. The number of hydrogen-bond donors (Lipinski definition) is 0. The average molecular weight is 523 g/mol. The standard InChI is InChI=1S/C36H26S2/c1-4-10-27(11-5-1)29-16-20-32(21-17-29)37-34-24-25-36(35(26-34)31-14-8-3-9-15-31)38-33-22-18-30(19-23-33)28-12-6-2-7-13-28/h1-26H. The Hall–Kier alpha value is -3.98. The van der Waals surface area contributed by atoms with Crippen molar-refractivity contribution in [1.29, 1.82) is 0 Å². The average Bonchev–Trinajstić information content (AvgIpc) is 3.00. The molecule has 0 spiro atoms. The van der Waals surface area contributed by atoms with Gasteiger partial charge in [0.05, 0.1) is 0 Å². The van der Waals surface area contributed by atoms with Crippen molar-refractivity contribution in [2.75, 3.05) is 0 Å². The fourth-order valence-electron chi connectivity index (χ4n) is 4.46. The Bertz CT molecular complexity index is 1610. The van der Waals surface area contributed by atoms with Crippen LogP contribution >= 0.6 is 23.5 Å². The Kier molecular flexibility index (Phi) is 7.44. The normalized spacial score (nSPS) is 10.8. The van der Waals surface area contributed by atoms with Crippen LogP contribution in [0.25, 0.3) is 33.4 Å². The van der Waals surface area contributed by atoms with E-state index >= 15 is 0 Å². The van der Waals surface area contributed by atoms with Crippen molar-refractivity contribution in [2.24, 2.45) is 0 Å². The number of benzene rings is 6. The van der Waals surface area contributed by atoms with Crippen molar-refractivity contribution in [3.8, 4) is 33.4 Å². The SMILES string of the molecule is c1ccc(-c2ccc(Sc3ccc(Sc4ccc(-c5ccccc5)cc4)c(-c4ccccc4)c3)cc2)cc1. The van der Waals surface area contributed by atoms with Gasteiger partial charge in [0, 0.05) is 19.6 Å². The lowest BCUT2D eigenvalue weighted by atomic mass is 10.1. The zero-order valence-corrected chi connectivity index (χ0v) is 22.5. The summed E-state index contributed by atoms with van der Waals surface area (Å²) in [4.78, 5) is 4.96. The summed E-state index contributed by atoms with van der Waals surface area (Å²) in [6.07, 6.45) is 0. The van der Waals surface area contributed by atoms with E-state index in [1.54, 1.807) is 11.8 Å². The van der Waals surface area contributed by atoms with Gasteiger partial charge in [-0.2, -0.15) is 0 Å². The van der Waals surface area contributed by atoms with Crippen molar-refractivity contribution in [3.63, 3.8) is 0 Å². The number of rotatable bonds is 7. The van der Waals surface area contributed by atoms with Crippen LogP contribution in [0.15, 0.2) is 177 Å². The van der Waals surface area contributed by atoms with Crippen LogP contribution in [0, 0.1) is 0 Å². The molecule has 0 N–H and O–H groups in total.